The lowest BCUT2D eigenvalue weighted by Gasteiger charge is -2.07. The van der Waals surface area contributed by atoms with Crippen LogP contribution in [0.25, 0.3) is 22.8 Å². The van der Waals surface area contributed by atoms with Gasteiger partial charge in [0.05, 0.1) is 0 Å². The highest BCUT2D eigenvalue weighted by molar-refractivity contribution is 6.30. The number of rotatable bonds is 5. The second-order valence-corrected chi connectivity index (χ2v) is 6.43. The van der Waals surface area contributed by atoms with Gasteiger partial charge in [0.2, 0.25) is 5.82 Å². The van der Waals surface area contributed by atoms with Gasteiger partial charge in [-0.15, -0.1) is 0 Å². The summed E-state index contributed by atoms with van der Waals surface area (Å²) in [7, 11) is 0. The average Bonchev–Trinajstić information content (AvgIpc) is 3.20. The molecule has 140 valence electrons. The van der Waals surface area contributed by atoms with E-state index >= 15 is 0 Å². The van der Waals surface area contributed by atoms with Crippen molar-refractivity contribution < 1.29 is 18.0 Å². The van der Waals surface area contributed by atoms with Crippen molar-refractivity contribution in [3.63, 3.8) is 0 Å². The molecule has 4 nitrogen and oxygen atoms in total. The second kappa shape index (κ2) is 7.78. The molecule has 0 aliphatic carbocycles. The summed E-state index contributed by atoms with van der Waals surface area (Å²) < 4.78 is 37.3. The van der Waals surface area contributed by atoms with E-state index in [1.165, 1.54) is 6.07 Å². The first-order valence-corrected chi connectivity index (χ1v) is 8.73. The van der Waals surface area contributed by atoms with Crippen LogP contribution < -0.4 is 4.74 Å². The van der Waals surface area contributed by atoms with Gasteiger partial charge in [0.25, 0.3) is 5.89 Å². The summed E-state index contributed by atoms with van der Waals surface area (Å²) >= 11 is 5.89. The molecule has 0 aliphatic rings. The van der Waals surface area contributed by atoms with Crippen LogP contribution in [0.5, 0.6) is 5.75 Å². The minimum Gasteiger partial charge on any atom is -0.489 e. The second-order valence-electron chi connectivity index (χ2n) is 5.99. The average molecular weight is 399 g/mol. The molecule has 0 atom stereocenters. The Bertz CT molecular complexity index is 1110. The zero-order valence-electron chi connectivity index (χ0n) is 14.4. The highest BCUT2D eigenvalue weighted by Crippen LogP contribution is 2.26. The maximum Gasteiger partial charge on any atom is 0.258 e. The van der Waals surface area contributed by atoms with Crippen molar-refractivity contribution in [3.8, 4) is 28.6 Å². The summed E-state index contributed by atoms with van der Waals surface area (Å²) in [6.07, 6.45) is 0. The van der Waals surface area contributed by atoms with Crippen LogP contribution in [0.2, 0.25) is 5.02 Å². The third kappa shape index (κ3) is 4.02. The molecule has 3 aromatic carbocycles. The standard InChI is InChI=1S/C21H13ClF2N2O2/c22-16-7-5-14(6-8-16)21-25-20(26-28-21)15-2-1-3-17(11-15)27-12-13-4-9-18(23)19(24)10-13/h1-11H,12H2. The lowest BCUT2D eigenvalue weighted by Crippen LogP contribution is -1.97. The molecule has 0 N–H and O–H groups in total. The van der Waals surface area contributed by atoms with Gasteiger partial charge >= 0.3 is 0 Å². The van der Waals surface area contributed by atoms with Gasteiger partial charge in [0, 0.05) is 16.1 Å². The van der Waals surface area contributed by atoms with Gasteiger partial charge in [-0.2, -0.15) is 4.98 Å². The third-order valence-electron chi connectivity index (χ3n) is 4.00. The summed E-state index contributed by atoms with van der Waals surface area (Å²) in [5, 5.41) is 4.62. The number of ether oxygens (including phenoxy) is 1. The normalized spacial score (nSPS) is 10.8. The smallest absolute Gasteiger partial charge is 0.258 e. The van der Waals surface area contributed by atoms with E-state index in [-0.39, 0.29) is 6.61 Å². The molecule has 1 aromatic heterocycles. The summed E-state index contributed by atoms with van der Waals surface area (Å²) in [6, 6.07) is 17.8. The summed E-state index contributed by atoms with van der Waals surface area (Å²) in [5.74, 6) is -0.473. The predicted octanol–water partition coefficient (Wildman–Crippen LogP) is 5.91. The Balaban J connectivity index is 1.50. The first-order chi connectivity index (χ1) is 13.6. The molecule has 0 spiro atoms. The van der Waals surface area contributed by atoms with Crippen molar-refractivity contribution in [3.05, 3.63) is 89.0 Å². The van der Waals surface area contributed by atoms with Gasteiger partial charge in [0.15, 0.2) is 11.6 Å². The number of hydrogen-bond donors (Lipinski definition) is 0. The van der Waals surface area contributed by atoms with Crippen molar-refractivity contribution in [1.29, 1.82) is 0 Å². The van der Waals surface area contributed by atoms with Crippen LogP contribution in [0.4, 0.5) is 8.78 Å². The van der Waals surface area contributed by atoms with Crippen LogP contribution in [0.15, 0.2) is 71.3 Å². The molecule has 0 bridgehead atoms. The van der Waals surface area contributed by atoms with E-state index in [1.54, 1.807) is 42.5 Å². The quantitative estimate of drug-likeness (QED) is 0.419. The lowest BCUT2D eigenvalue weighted by molar-refractivity contribution is 0.305. The highest BCUT2D eigenvalue weighted by atomic mass is 35.5. The van der Waals surface area contributed by atoms with Gasteiger partial charge in [-0.3, -0.25) is 0 Å². The van der Waals surface area contributed by atoms with E-state index in [0.29, 0.717) is 33.6 Å². The predicted molar refractivity (Wildman–Crippen MR) is 101 cm³/mol. The molecule has 0 fully saturated rings. The zero-order chi connectivity index (χ0) is 19.5. The minimum atomic E-state index is -0.906. The number of aromatic nitrogens is 2. The Kier molecular flexibility index (Phi) is 5.04. The van der Waals surface area contributed by atoms with Crippen molar-refractivity contribution in [1.82, 2.24) is 10.1 Å². The van der Waals surface area contributed by atoms with E-state index < -0.39 is 11.6 Å². The molecule has 7 heteroatoms. The monoisotopic (exact) mass is 398 g/mol. The van der Waals surface area contributed by atoms with E-state index in [1.807, 2.05) is 6.07 Å². The first kappa shape index (κ1) is 18.1. The fourth-order valence-corrected chi connectivity index (χ4v) is 2.70. The Labute approximate surface area is 164 Å². The van der Waals surface area contributed by atoms with Crippen molar-refractivity contribution in [2.24, 2.45) is 0 Å². The van der Waals surface area contributed by atoms with Crippen molar-refractivity contribution in [2.45, 2.75) is 6.61 Å². The largest absolute Gasteiger partial charge is 0.489 e. The third-order valence-corrected chi connectivity index (χ3v) is 4.25. The molecule has 28 heavy (non-hydrogen) atoms. The molecule has 0 aliphatic heterocycles. The Morgan fingerprint density at radius 2 is 1.71 bits per heavy atom. The summed E-state index contributed by atoms with van der Waals surface area (Å²) in [4.78, 5) is 4.39. The molecule has 0 saturated heterocycles. The number of nitrogens with zero attached hydrogens (tertiary/aromatic N) is 2. The maximum absolute atomic E-state index is 13.3. The SMILES string of the molecule is Fc1ccc(COc2cccc(-c3noc(-c4ccc(Cl)cc4)n3)c2)cc1F. The van der Waals surface area contributed by atoms with Crippen LogP contribution in [0.1, 0.15) is 5.56 Å². The summed E-state index contributed by atoms with van der Waals surface area (Å²) in [5.41, 5.74) is 1.98. The topological polar surface area (TPSA) is 48.2 Å². The van der Waals surface area contributed by atoms with Crippen LogP contribution in [0, 0.1) is 11.6 Å². The molecule has 0 amide bonds. The molecule has 4 rings (SSSR count). The zero-order valence-corrected chi connectivity index (χ0v) is 15.2. The fourth-order valence-electron chi connectivity index (χ4n) is 2.57. The lowest BCUT2D eigenvalue weighted by atomic mass is 10.2. The van der Waals surface area contributed by atoms with Gasteiger partial charge in [-0.1, -0.05) is 35.0 Å². The van der Waals surface area contributed by atoms with E-state index in [9.17, 15) is 8.78 Å². The van der Waals surface area contributed by atoms with Crippen LogP contribution in [-0.2, 0) is 6.61 Å². The summed E-state index contributed by atoms with van der Waals surface area (Å²) in [6.45, 7) is 0.100. The first-order valence-electron chi connectivity index (χ1n) is 8.35. The Morgan fingerprint density at radius 3 is 2.50 bits per heavy atom. The number of halogens is 3. The van der Waals surface area contributed by atoms with Gasteiger partial charge in [-0.25, -0.2) is 8.78 Å². The molecule has 0 radical (unpaired) electrons. The van der Waals surface area contributed by atoms with Crippen LogP contribution in [-0.4, -0.2) is 10.1 Å². The molecular weight excluding hydrogens is 386 g/mol. The van der Waals surface area contributed by atoms with Crippen LogP contribution in [0.3, 0.4) is 0 Å². The van der Waals surface area contributed by atoms with E-state index in [2.05, 4.69) is 10.1 Å². The van der Waals surface area contributed by atoms with Gasteiger partial charge in [0.1, 0.15) is 12.4 Å². The number of hydrogen-bond acceptors (Lipinski definition) is 4. The van der Waals surface area contributed by atoms with Crippen LogP contribution >= 0.6 is 11.6 Å². The fraction of sp³-hybridized carbons (Fsp3) is 0.0476. The molecule has 0 unspecified atom stereocenters. The Morgan fingerprint density at radius 1 is 0.893 bits per heavy atom. The number of benzene rings is 3. The van der Waals surface area contributed by atoms with Gasteiger partial charge in [-0.05, 0) is 54.1 Å². The molecule has 4 aromatic rings. The highest BCUT2D eigenvalue weighted by Gasteiger charge is 2.11. The van der Waals surface area contributed by atoms with E-state index in [0.717, 1.165) is 17.7 Å². The molecule has 1 heterocycles. The molecular formula is C21H13ClF2N2O2. The van der Waals surface area contributed by atoms with Gasteiger partial charge < -0.3 is 9.26 Å². The van der Waals surface area contributed by atoms with Crippen molar-refractivity contribution >= 4 is 11.6 Å². The minimum absolute atomic E-state index is 0.100. The Hall–Kier alpha value is -3.25. The van der Waals surface area contributed by atoms with E-state index in [4.69, 9.17) is 20.9 Å². The maximum atomic E-state index is 13.3. The van der Waals surface area contributed by atoms with Crippen molar-refractivity contribution in [2.75, 3.05) is 0 Å². The molecule has 0 saturated carbocycles.